The number of nitriles is 1. The summed E-state index contributed by atoms with van der Waals surface area (Å²) in [6.07, 6.45) is 16.1. The number of H-pyrrole nitrogens is 1. The minimum atomic E-state index is 0.711. The van der Waals surface area contributed by atoms with Crippen LogP contribution >= 0.6 is 0 Å². The number of nitrogens with zero attached hydrogens (tertiary/aromatic N) is 4. The Kier molecular flexibility index (Phi) is 12.3. The number of aromatic nitrogens is 3. The van der Waals surface area contributed by atoms with Crippen molar-refractivity contribution in [2.24, 2.45) is 16.8 Å². The van der Waals surface area contributed by atoms with Crippen molar-refractivity contribution in [2.45, 2.75) is 72.6 Å². The Hall–Kier alpha value is -2.48. The summed E-state index contributed by atoms with van der Waals surface area (Å²) < 4.78 is 0. The number of aliphatic imine (C=N–C) groups is 1. The van der Waals surface area contributed by atoms with Gasteiger partial charge in [0, 0.05) is 36.8 Å². The van der Waals surface area contributed by atoms with Gasteiger partial charge in [-0.1, -0.05) is 59.0 Å². The normalized spacial score (nSPS) is 15.4. The molecule has 0 aromatic carbocycles. The Morgan fingerprint density at radius 1 is 1.34 bits per heavy atom. The lowest BCUT2D eigenvalue weighted by Gasteiger charge is -2.19. The molecular formula is C24H37N5. The van der Waals surface area contributed by atoms with E-state index in [1.807, 2.05) is 39.1 Å². The molecule has 158 valence electrons. The molecular weight excluding hydrogens is 358 g/mol. The Bertz CT molecular complexity index is 791. The van der Waals surface area contributed by atoms with Gasteiger partial charge in [0.25, 0.3) is 0 Å². The third-order valence-corrected chi connectivity index (χ3v) is 5.29. The van der Waals surface area contributed by atoms with E-state index in [1.165, 1.54) is 38.5 Å². The maximum absolute atomic E-state index is 8.67. The molecule has 1 atom stereocenters. The van der Waals surface area contributed by atoms with Crippen LogP contribution in [0, 0.1) is 23.2 Å². The van der Waals surface area contributed by atoms with Crippen LogP contribution in [0.15, 0.2) is 29.7 Å². The molecule has 0 aliphatic heterocycles. The van der Waals surface area contributed by atoms with Gasteiger partial charge in [-0.3, -0.25) is 4.99 Å². The summed E-state index contributed by atoms with van der Waals surface area (Å²) in [6, 6.07) is 4.30. The Morgan fingerprint density at radius 3 is 2.66 bits per heavy atom. The standard InChI is InChI=1S/C11H12N4.C11H19N.C2H6/c1-3-8(6-12-2)10-9-4-5-13-11(9)15-7-14-10;1-2-5-10(8-9-12)11-6-3-4-7-11;1-2/h3-7H,1-2H3,(H,13,14,15);10-11H,2-8H2,1H3;1-2H3/b8-3+,12-6?;;. The highest BCUT2D eigenvalue weighted by molar-refractivity contribution is 6.13. The highest BCUT2D eigenvalue weighted by Gasteiger charge is 2.23. The van der Waals surface area contributed by atoms with Crippen molar-refractivity contribution < 1.29 is 0 Å². The number of fused-ring (bicyclic) bond motifs is 1. The summed E-state index contributed by atoms with van der Waals surface area (Å²) in [5, 5.41) is 9.69. The zero-order valence-corrected chi connectivity index (χ0v) is 18.8. The summed E-state index contributed by atoms with van der Waals surface area (Å²) in [7, 11) is 1.75. The van der Waals surface area contributed by atoms with Crippen LogP contribution in [-0.4, -0.2) is 28.2 Å². The average Bonchev–Trinajstić information content (AvgIpc) is 3.45. The van der Waals surface area contributed by atoms with Crippen molar-refractivity contribution >= 4 is 22.8 Å². The van der Waals surface area contributed by atoms with Gasteiger partial charge in [0.05, 0.1) is 11.8 Å². The minimum absolute atomic E-state index is 0.711. The Labute approximate surface area is 176 Å². The third-order valence-electron chi connectivity index (χ3n) is 5.29. The molecule has 1 aliphatic carbocycles. The van der Waals surface area contributed by atoms with Crippen LogP contribution in [0.4, 0.5) is 0 Å². The Balaban J connectivity index is 0.000000273. The molecule has 1 saturated carbocycles. The van der Waals surface area contributed by atoms with Gasteiger partial charge in [-0.25, -0.2) is 9.97 Å². The zero-order valence-electron chi connectivity index (χ0n) is 18.8. The first-order chi connectivity index (χ1) is 14.2. The number of nitrogens with one attached hydrogen (secondary N) is 1. The van der Waals surface area contributed by atoms with Crippen LogP contribution in [0.3, 0.4) is 0 Å². The van der Waals surface area contributed by atoms with Gasteiger partial charge in [-0.05, 0) is 31.2 Å². The van der Waals surface area contributed by atoms with Gasteiger partial charge < -0.3 is 4.98 Å². The summed E-state index contributed by atoms with van der Waals surface area (Å²) in [5.41, 5.74) is 2.77. The largest absolute Gasteiger partial charge is 0.346 e. The molecule has 0 radical (unpaired) electrons. The second-order valence-corrected chi connectivity index (χ2v) is 7.05. The smallest absolute Gasteiger partial charge is 0.141 e. The molecule has 1 aliphatic rings. The van der Waals surface area contributed by atoms with E-state index >= 15 is 0 Å². The van der Waals surface area contributed by atoms with E-state index in [4.69, 9.17) is 5.26 Å². The summed E-state index contributed by atoms with van der Waals surface area (Å²) >= 11 is 0. The molecule has 0 amide bonds. The van der Waals surface area contributed by atoms with Gasteiger partial charge in [-0.2, -0.15) is 5.26 Å². The van der Waals surface area contributed by atoms with Crippen molar-refractivity contribution in [3.63, 3.8) is 0 Å². The Morgan fingerprint density at radius 2 is 2.07 bits per heavy atom. The van der Waals surface area contributed by atoms with E-state index in [2.05, 4.69) is 32.9 Å². The molecule has 0 bridgehead atoms. The summed E-state index contributed by atoms with van der Waals surface area (Å²) in [6.45, 7) is 8.19. The molecule has 5 nitrogen and oxygen atoms in total. The molecule has 1 fully saturated rings. The van der Waals surface area contributed by atoms with Crippen molar-refractivity contribution in [1.29, 1.82) is 5.26 Å². The van der Waals surface area contributed by atoms with Crippen LogP contribution < -0.4 is 0 Å². The molecule has 0 saturated heterocycles. The maximum atomic E-state index is 8.67. The lowest BCUT2D eigenvalue weighted by molar-refractivity contribution is 0.321. The van der Waals surface area contributed by atoms with E-state index in [9.17, 15) is 0 Å². The SMILES string of the molecule is C/C=C(\C=NC)c1ncnc2[nH]ccc12.CC.CCCC(CC#N)C1CCCC1. The number of hydrogen-bond donors (Lipinski definition) is 1. The fraction of sp³-hybridized carbons (Fsp3) is 0.583. The van der Waals surface area contributed by atoms with Crippen LogP contribution in [0.25, 0.3) is 16.6 Å². The van der Waals surface area contributed by atoms with Crippen LogP contribution in [-0.2, 0) is 0 Å². The molecule has 2 aromatic heterocycles. The monoisotopic (exact) mass is 395 g/mol. The van der Waals surface area contributed by atoms with Gasteiger partial charge in [0.15, 0.2) is 0 Å². The highest BCUT2D eigenvalue weighted by atomic mass is 14.9. The molecule has 1 N–H and O–H groups in total. The van der Waals surface area contributed by atoms with E-state index in [0.29, 0.717) is 5.92 Å². The predicted molar refractivity (Wildman–Crippen MR) is 124 cm³/mol. The zero-order chi connectivity index (χ0) is 21.5. The number of allylic oxidation sites excluding steroid dienone is 2. The van der Waals surface area contributed by atoms with Gasteiger partial charge in [0.2, 0.25) is 0 Å². The topological polar surface area (TPSA) is 77.7 Å². The van der Waals surface area contributed by atoms with E-state index in [-0.39, 0.29) is 0 Å². The van der Waals surface area contributed by atoms with Crippen LogP contribution in [0.2, 0.25) is 0 Å². The summed E-state index contributed by atoms with van der Waals surface area (Å²) in [4.78, 5) is 15.5. The number of rotatable bonds is 6. The number of aromatic amines is 1. The maximum Gasteiger partial charge on any atom is 0.141 e. The van der Waals surface area contributed by atoms with Crippen molar-refractivity contribution in [3.05, 3.63) is 30.4 Å². The molecule has 3 rings (SSSR count). The van der Waals surface area contributed by atoms with Crippen LogP contribution in [0.5, 0.6) is 0 Å². The molecule has 0 spiro atoms. The second-order valence-electron chi connectivity index (χ2n) is 7.05. The molecule has 5 heteroatoms. The first kappa shape index (κ1) is 24.6. The lowest BCUT2D eigenvalue weighted by Crippen LogP contribution is -2.10. The van der Waals surface area contributed by atoms with Crippen molar-refractivity contribution in [2.75, 3.05) is 7.05 Å². The van der Waals surface area contributed by atoms with Crippen LogP contribution in [0.1, 0.15) is 78.3 Å². The molecule has 29 heavy (non-hydrogen) atoms. The average molecular weight is 396 g/mol. The highest BCUT2D eigenvalue weighted by Crippen LogP contribution is 2.35. The van der Waals surface area contributed by atoms with E-state index < -0.39 is 0 Å². The van der Waals surface area contributed by atoms with Gasteiger partial charge in [0.1, 0.15) is 12.0 Å². The second kappa shape index (κ2) is 14.5. The minimum Gasteiger partial charge on any atom is -0.346 e. The fourth-order valence-electron chi connectivity index (χ4n) is 3.94. The molecule has 2 aromatic rings. The summed E-state index contributed by atoms with van der Waals surface area (Å²) in [5.74, 6) is 1.59. The van der Waals surface area contributed by atoms with Gasteiger partial charge >= 0.3 is 0 Å². The number of hydrogen-bond acceptors (Lipinski definition) is 4. The third kappa shape index (κ3) is 7.45. The predicted octanol–water partition coefficient (Wildman–Crippen LogP) is 6.59. The van der Waals surface area contributed by atoms with E-state index in [0.717, 1.165) is 34.6 Å². The molecule has 1 unspecified atom stereocenters. The quantitative estimate of drug-likeness (QED) is 0.560. The van der Waals surface area contributed by atoms with E-state index in [1.54, 1.807) is 19.6 Å². The molecule has 2 heterocycles. The first-order valence-electron chi connectivity index (χ1n) is 11.0. The first-order valence-corrected chi connectivity index (χ1v) is 11.0. The van der Waals surface area contributed by atoms with Crippen molar-refractivity contribution in [3.8, 4) is 6.07 Å². The van der Waals surface area contributed by atoms with Crippen molar-refractivity contribution in [1.82, 2.24) is 15.0 Å². The fourth-order valence-corrected chi connectivity index (χ4v) is 3.94. The lowest BCUT2D eigenvalue weighted by atomic mass is 9.85. The van der Waals surface area contributed by atoms with Gasteiger partial charge in [-0.15, -0.1) is 0 Å².